The van der Waals surface area contributed by atoms with Crippen molar-refractivity contribution in [1.29, 1.82) is 0 Å². The lowest BCUT2D eigenvalue weighted by atomic mass is 10.2. The molecule has 5 nitrogen and oxygen atoms in total. The van der Waals surface area contributed by atoms with E-state index in [1.807, 2.05) is 6.07 Å². The van der Waals surface area contributed by atoms with Crippen molar-refractivity contribution in [2.45, 2.75) is 0 Å². The molecular formula is C15H8Br2I2N2O3S. The number of hydrogen-bond acceptors (Lipinski definition) is 3. The maximum atomic E-state index is 12.4. The quantitative estimate of drug-likeness (QED) is 0.231. The molecule has 0 fully saturated rings. The first-order valence-corrected chi connectivity index (χ1v) is 10.6. The lowest BCUT2D eigenvalue weighted by Crippen LogP contribution is -2.34. The molecule has 25 heavy (non-hydrogen) atoms. The van der Waals surface area contributed by atoms with Gasteiger partial charge in [-0.25, -0.2) is 4.79 Å². The van der Waals surface area contributed by atoms with Gasteiger partial charge in [0.25, 0.3) is 5.91 Å². The van der Waals surface area contributed by atoms with Gasteiger partial charge in [-0.15, -0.1) is 0 Å². The molecule has 3 N–H and O–H groups in total. The number of nitrogens with one attached hydrogen (secondary N) is 2. The number of benzene rings is 2. The average molecular weight is 710 g/mol. The third-order valence-corrected chi connectivity index (χ3v) is 6.69. The predicted octanol–water partition coefficient (Wildman–Crippen LogP) is 5.25. The highest BCUT2D eigenvalue weighted by molar-refractivity contribution is 14.1. The number of thiocarbonyl (C=S) groups is 1. The number of halogens is 4. The SMILES string of the molecule is O=C(O)c1cc(Br)ccc1NC(=S)NC(=O)c1cc(I)cc(I)c1Br. The Bertz CT molecular complexity index is 893. The number of amides is 1. The average Bonchev–Trinajstić information content (AvgIpc) is 2.52. The molecule has 0 aliphatic heterocycles. The summed E-state index contributed by atoms with van der Waals surface area (Å²) < 4.78 is 3.11. The zero-order valence-electron chi connectivity index (χ0n) is 12.1. The van der Waals surface area contributed by atoms with Crippen LogP contribution in [0.5, 0.6) is 0 Å². The molecular weight excluding hydrogens is 702 g/mol. The van der Waals surface area contributed by atoms with Gasteiger partial charge in [-0.2, -0.15) is 0 Å². The van der Waals surface area contributed by atoms with Crippen molar-refractivity contribution in [3.8, 4) is 0 Å². The third-order valence-electron chi connectivity index (χ3n) is 2.92. The molecule has 0 spiro atoms. The lowest BCUT2D eigenvalue weighted by Gasteiger charge is -2.13. The topological polar surface area (TPSA) is 78.4 Å². The molecule has 0 heterocycles. The van der Waals surface area contributed by atoms with Gasteiger partial charge < -0.3 is 10.4 Å². The number of carbonyl (C=O) groups is 2. The fourth-order valence-electron chi connectivity index (χ4n) is 1.85. The van der Waals surface area contributed by atoms with Crippen LogP contribution in [-0.2, 0) is 0 Å². The third kappa shape index (κ3) is 5.58. The summed E-state index contributed by atoms with van der Waals surface area (Å²) in [6.07, 6.45) is 0. The first kappa shape index (κ1) is 21.0. The highest BCUT2D eigenvalue weighted by Gasteiger charge is 2.16. The molecule has 0 radical (unpaired) electrons. The fourth-order valence-corrected chi connectivity index (χ4v) is 4.67. The summed E-state index contributed by atoms with van der Waals surface area (Å²) in [5, 5.41) is 14.6. The number of anilines is 1. The predicted molar refractivity (Wildman–Crippen MR) is 124 cm³/mol. The van der Waals surface area contributed by atoms with Gasteiger partial charge in [-0.3, -0.25) is 10.1 Å². The Kier molecular flexibility index (Phi) is 7.61. The fraction of sp³-hybridized carbons (Fsp3) is 0. The number of rotatable bonds is 3. The van der Waals surface area contributed by atoms with Gasteiger partial charge in [-0.1, -0.05) is 15.9 Å². The number of carboxylic acids is 1. The van der Waals surface area contributed by atoms with E-state index in [0.29, 0.717) is 14.5 Å². The van der Waals surface area contributed by atoms with E-state index in [4.69, 9.17) is 12.2 Å². The Hall–Kier alpha value is -0.310. The number of hydrogen-bond donors (Lipinski definition) is 3. The molecule has 10 heteroatoms. The van der Waals surface area contributed by atoms with Crippen molar-refractivity contribution in [2.24, 2.45) is 0 Å². The van der Waals surface area contributed by atoms with E-state index < -0.39 is 11.9 Å². The molecule has 0 atom stereocenters. The number of aromatic carboxylic acids is 1. The Morgan fingerprint density at radius 3 is 2.40 bits per heavy atom. The van der Waals surface area contributed by atoms with Crippen LogP contribution in [0.15, 0.2) is 39.3 Å². The first-order valence-electron chi connectivity index (χ1n) is 6.48. The molecule has 0 aliphatic rings. The van der Waals surface area contributed by atoms with E-state index in [9.17, 15) is 14.7 Å². The van der Waals surface area contributed by atoms with Crippen LogP contribution in [0.25, 0.3) is 0 Å². The van der Waals surface area contributed by atoms with Crippen LogP contribution in [0.1, 0.15) is 20.7 Å². The maximum Gasteiger partial charge on any atom is 0.337 e. The molecule has 0 bridgehead atoms. The van der Waals surface area contributed by atoms with E-state index in [0.717, 1.165) is 7.14 Å². The van der Waals surface area contributed by atoms with Crippen LogP contribution in [-0.4, -0.2) is 22.1 Å². The van der Waals surface area contributed by atoms with Gasteiger partial charge in [0.05, 0.1) is 16.8 Å². The molecule has 1 amide bonds. The smallest absolute Gasteiger partial charge is 0.337 e. The number of carbonyl (C=O) groups excluding carboxylic acids is 1. The standard InChI is InChI=1S/C15H8Br2I2N2O3S/c16-6-1-2-11(8(3-6)14(23)24)20-15(25)21-13(22)9-4-7(18)5-10(19)12(9)17/h1-5H,(H,23,24)(H2,20,21,22,25). The van der Waals surface area contributed by atoms with E-state index in [1.54, 1.807) is 18.2 Å². The molecule has 0 aliphatic carbocycles. The lowest BCUT2D eigenvalue weighted by molar-refractivity contribution is 0.0697. The minimum absolute atomic E-state index is 0.00981. The largest absolute Gasteiger partial charge is 0.478 e. The van der Waals surface area contributed by atoms with Crippen molar-refractivity contribution >= 4 is 112 Å². The van der Waals surface area contributed by atoms with Gasteiger partial charge in [0.2, 0.25) is 0 Å². The van der Waals surface area contributed by atoms with E-state index in [-0.39, 0.29) is 16.4 Å². The molecule has 130 valence electrons. The summed E-state index contributed by atoms with van der Waals surface area (Å²) in [7, 11) is 0. The van der Waals surface area contributed by atoms with Crippen LogP contribution >= 0.6 is 89.3 Å². The van der Waals surface area contributed by atoms with Crippen molar-refractivity contribution in [2.75, 3.05) is 5.32 Å². The molecule has 0 saturated heterocycles. The minimum atomic E-state index is -1.10. The molecule has 0 saturated carbocycles. The van der Waals surface area contributed by atoms with Crippen LogP contribution in [0.2, 0.25) is 0 Å². The molecule has 2 rings (SSSR count). The highest BCUT2D eigenvalue weighted by atomic mass is 127. The van der Waals surface area contributed by atoms with Gasteiger partial charge in [-0.05, 0) is 104 Å². The summed E-state index contributed by atoms with van der Waals surface area (Å²) in [4.78, 5) is 23.8. The van der Waals surface area contributed by atoms with Crippen LogP contribution in [0.4, 0.5) is 5.69 Å². The zero-order valence-corrected chi connectivity index (χ0v) is 20.4. The van der Waals surface area contributed by atoms with Crippen LogP contribution in [0.3, 0.4) is 0 Å². The summed E-state index contributed by atoms with van der Waals surface area (Å²) >= 11 is 16.0. The second kappa shape index (κ2) is 9.06. The second-order valence-electron chi connectivity index (χ2n) is 4.65. The van der Waals surface area contributed by atoms with E-state index in [1.165, 1.54) is 6.07 Å². The highest BCUT2D eigenvalue weighted by Crippen LogP contribution is 2.26. The van der Waals surface area contributed by atoms with E-state index in [2.05, 4.69) is 87.7 Å². The van der Waals surface area contributed by atoms with Crippen molar-refractivity contribution in [1.82, 2.24) is 5.32 Å². The van der Waals surface area contributed by atoms with Crippen molar-refractivity contribution in [3.05, 3.63) is 57.5 Å². The normalized spacial score (nSPS) is 10.2. The van der Waals surface area contributed by atoms with Gasteiger partial charge >= 0.3 is 5.97 Å². The van der Waals surface area contributed by atoms with E-state index >= 15 is 0 Å². The molecule has 0 unspecified atom stereocenters. The molecule has 0 aromatic heterocycles. The number of carboxylic acid groups (broad SMARTS) is 1. The second-order valence-corrected chi connectivity index (χ2v) is 9.18. The zero-order chi connectivity index (χ0) is 18.7. The summed E-state index contributed by atoms with van der Waals surface area (Å²) in [5.74, 6) is -1.50. The molecule has 2 aromatic carbocycles. The Morgan fingerprint density at radius 1 is 1.08 bits per heavy atom. The van der Waals surface area contributed by atoms with Gasteiger partial charge in [0, 0.05) is 16.1 Å². The Balaban J connectivity index is 2.19. The maximum absolute atomic E-state index is 12.4. The van der Waals surface area contributed by atoms with Crippen molar-refractivity contribution in [3.63, 3.8) is 0 Å². The van der Waals surface area contributed by atoms with Crippen LogP contribution in [0, 0.1) is 7.14 Å². The molecule has 2 aromatic rings. The summed E-state index contributed by atoms with van der Waals surface area (Å²) in [5.41, 5.74) is 0.767. The first-order chi connectivity index (χ1) is 11.7. The Morgan fingerprint density at radius 2 is 1.76 bits per heavy atom. The van der Waals surface area contributed by atoms with Crippen LogP contribution < -0.4 is 10.6 Å². The summed E-state index contributed by atoms with van der Waals surface area (Å²) in [6.45, 7) is 0. The van der Waals surface area contributed by atoms with Crippen molar-refractivity contribution < 1.29 is 14.7 Å². The van der Waals surface area contributed by atoms with Gasteiger partial charge in [0.1, 0.15) is 0 Å². The Labute approximate surface area is 192 Å². The monoisotopic (exact) mass is 708 g/mol. The summed E-state index contributed by atoms with van der Waals surface area (Å²) in [6, 6.07) is 8.36. The van der Waals surface area contributed by atoms with Gasteiger partial charge in [0.15, 0.2) is 5.11 Å². The minimum Gasteiger partial charge on any atom is -0.478 e.